The number of hydrogen-bond acceptors (Lipinski definition) is 15. The molecule has 0 saturated heterocycles. The van der Waals surface area contributed by atoms with Crippen LogP contribution in [0.3, 0.4) is 0 Å². The van der Waals surface area contributed by atoms with Crippen LogP contribution in [0, 0.1) is 71.7 Å². The van der Waals surface area contributed by atoms with Gasteiger partial charge in [-0.1, -0.05) is 11.6 Å². The van der Waals surface area contributed by atoms with Crippen LogP contribution in [0.15, 0.2) is 226 Å². The Morgan fingerprint density at radius 3 is 0.939 bits per heavy atom. The van der Waals surface area contributed by atoms with Gasteiger partial charge in [0.15, 0.2) is 0 Å². The second-order valence-electron chi connectivity index (χ2n) is 26.2. The van der Waals surface area contributed by atoms with Crippen LogP contribution in [0.4, 0.5) is 40.3 Å². The van der Waals surface area contributed by atoms with Crippen molar-refractivity contribution in [3.63, 3.8) is 0 Å². The van der Waals surface area contributed by atoms with Gasteiger partial charge in [0.1, 0.15) is 23.3 Å². The molecule has 0 aliphatic rings. The molecule has 9 heterocycles. The number of carbonyl (C=O) groups is 6. The number of aryl methyl sites for hydroxylation is 7. The van der Waals surface area contributed by atoms with Gasteiger partial charge in [0.05, 0.1) is 128 Å². The summed E-state index contributed by atoms with van der Waals surface area (Å²) >= 11 is 6.07. The van der Waals surface area contributed by atoms with Gasteiger partial charge in [0, 0.05) is 85.7 Å². The molecular formula is C84H66ClF4N19O6. The number of pyridine rings is 5. The monoisotopic (exact) mass is 1550 g/mol. The number of amides is 6. The maximum Gasteiger partial charge on any atom is 0.258 e. The van der Waals surface area contributed by atoms with Crippen LogP contribution in [0.2, 0.25) is 5.02 Å². The lowest BCUT2D eigenvalue weighted by molar-refractivity contribution is 0.0991. The minimum atomic E-state index is -0.534. The van der Waals surface area contributed by atoms with Gasteiger partial charge in [0.2, 0.25) is 11.8 Å². The van der Waals surface area contributed by atoms with E-state index in [0.29, 0.717) is 127 Å². The fraction of sp³-hybridized carbons (Fsp3) is 0.0833. The average Bonchev–Trinajstić information content (AvgIpc) is 1.63. The van der Waals surface area contributed by atoms with E-state index in [2.05, 4.69) is 66.6 Å². The zero-order valence-electron chi connectivity index (χ0n) is 61.7. The van der Waals surface area contributed by atoms with E-state index >= 15 is 0 Å². The van der Waals surface area contributed by atoms with Crippen molar-refractivity contribution >= 4 is 113 Å². The molecule has 0 spiro atoms. The number of carbonyl (C=O) groups excluding carboxylic acids is 6. The molecular weight excluding hydrogens is 1480 g/mol. The van der Waals surface area contributed by atoms with Crippen molar-refractivity contribution < 1.29 is 46.3 Å². The van der Waals surface area contributed by atoms with Gasteiger partial charge in [-0.25, -0.2) is 36.3 Å². The molecule has 16 rings (SSSR count). The summed E-state index contributed by atoms with van der Waals surface area (Å²) in [7, 11) is 0. The third-order valence-corrected chi connectivity index (χ3v) is 18.6. The normalized spacial score (nSPS) is 10.9. The lowest BCUT2D eigenvalue weighted by Gasteiger charge is -2.13. The Morgan fingerprint density at radius 2 is 0.632 bits per heavy atom. The number of hydrogen-bond donors (Lipinski definition) is 6. The Labute approximate surface area is 651 Å². The highest BCUT2D eigenvalue weighted by molar-refractivity contribution is 6.31. The van der Waals surface area contributed by atoms with Gasteiger partial charge in [0.25, 0.3) is 23.6 Å². The fourth-order valence-electron chi connectivity index (χ4n) is 12.6. The quantitative estimate of drug-likeness (QED) is 0.0551. The first-order valence-electron chi connectivity index (χ1n) is 34.8. The van der Waals surface area contributed by atoms with Crippen LogP contribution in [0.5, 0.6) is 0 Å². The lowest BCUT2D eigenvalue weighted by Crippen LogP contribution is -2.16. The first-order valence-corrected chi connectivity index (χ1v) is 35.2. The second-order valence-corrected chi connectivity index (χ2v) is 26.6. The van der Waals surface area contributed by atoms with Gasteiger partial charge in [-0.3, -0.25) is 53.7 Å². The van der Waals surface area contributed by atoms with Crippen LogP contribution >= 0.6 is 11.6 Å². The highest BCUT2D eigenvalue weighted by Crippen LogP contribution is 2.32. The number of primary amides is 2. The Bertz CT molecular complexity index is 6380. The van der Waals surface area contributed by atoms with Gasteiger partial charge in [-0.2, -0.15) is 20.4 Å². The smallest absolute Gasteiger partial charge is 0.258 e. The second kappa shape index (κ2) is 33.1. The molecule has 0 unspecified atom stereocenters. The van der Waals surface area contributed by atoms with E-state index in [0.717, 1.165) is 39.2 Å². The van der Waals surface area contributed by atoms with Gasteiger partial charge in [-0.05, 0) is 227 Å². The molecule has 0 radical (unpaired) electrons. The van der Waals surface area contributed by atoms with Crippen molar-refractivity contribution in [3.8, 4) is 22.7 Å². The molecule has 0 bridgehead atoms. The summed E-state index contributed by atoms with van der Waals surface area (Å²) in [4.78, 5) is 95.3. The number of aromatic nitrogens is 13. The lowest BCUT2D eigenvalue weighted by atomic mass is 10.0. The van der Waals surface area contributed by atoms with Crippen molar-refractivity contribution in [2.45, 2.75) is 48.5 Å². The van der Waals surface area contributed by atoms with Crippen molar-refractivity contribution in [1.82, 2.24) is 64.0 Å². The Morgan fingerprint density at radius 1 is 0.333 bits per heavy atom. The molecule has 0 aliphatic carbocycles. The summed E-state index contributed by atoms with van der Waals surface area (Å²) in [5.41, 5.74) is 26.2. The molecule has 0 atom stereocenters. The summed E-state index contributed by atoms with van der Waals surface area (Å²) in [5.74, 6) is -3.70. The molecule has 25 nitrogen and oxygen atoms in total. The molecule has 7 aromatic carbocycles. The van der Waals surface area contributed by atoms with Crippen LogP contribution < -0.4 is 32.7 Å². The highest BCUT2D eigenvalue weighted by atomic mass is 35.5. The van der Waals surface area contributed by atoms with E-state index in [9.17, 15) is 46.3 Å². The minimum absolute atomic E-state index is 0.286. The molecule has 9 aromatic heterocycles. The van der Waals surface area contributed by atoms with E-state index in [1.807, 2.05) is 33.8 Å². The first-order chi connectivity index (χ1) is 54.8. The predicted molar refractivity (Wildman–Crippen MR) is 426 cm³/mol. The molecule has 8 N–H and O–H groups in total. The largest absolute Gasteiger partial charge is 0.366 e. The number of rotatable bonds is 14. The zero-order chi connectivity index (χ0) is 80.8. The Kier molecular flexibility index (Phi) is 22.4. The molecule has 0 aliphatic heterocycles. The number of benzene rings is 7. The maximum absolute atomic E-state index is 13.2. The van der Waals surface area contributed by atoms with Crippen LogP contribution in [0.1, 0.15) is 101 Å². The molecule has 114 heavy (non-hydrogen) atoms. The summed E-state index contributed by atoms with van der Waals surface area (Å²) in [5, 5.41) is 32.1. The zero-order valence-corrected chi connectivity index (χ0v) is 62.4. The van der Waals surface area contributed by atoms with E-state index in [1.54, 1.807) is 186 Å². The first kappa shape index (κ1) is 77.2. The maximum atomic E-state index is 13.2. The highest BCUT2D eigenvalue weighted by Gasteiger charge is 2.23. The van der Waals surface area contributed by atoms with Gasteiger partial charge >= 0.3 is 0 Å². The molecule has 16 aromatic rings. The van der Waals surface area contributed by atoms with Crippen molar-refractivity contribution in [3.05, 3.63) is 327 Å². The number of halogens is 5. The third kappa shape index (κ3) is 16.6. The van der Waals surface area contributed by atoms with Crippen LogP contribution in [0.25, 0.3) is 66.4 Å². The summed E-state index contributed by atoms with van der Waals surface area (Å²) in [6.45, 7) is 12.9. The van der Waals surface area contributed by atoms with E-state index in [-0.39, 0.29) is 46.9 Å². The molecule has 30 heteroatoms. The van der Waals surface area contributed by atoms with Crippen LogP contribution in [-0.4, -0.2) is 99.5 Å². The standard InChI is InChI=1S/C22H18FN5O2.C21H16ClFN4O.C21H16FN5O2.C20H16FN5O/c1-12-7-14(21(24)29)8-13(2)20(12)27-22(30)18-9-25-11-19-17(18)10-26-28(19)16-5-3-15(23)4-6-16;1-12-7-14(22)8-13(2)20(12)26-21(28)18-9-24-11-19-17(18)10-25-27(19)16-5-3-15(23)4-6-16;1-12-8-13(20(23)28)2-7-18(12)26-21(29)17-9-24-11-19-16(17)10-25-27(19)15-5-3-14(22)4-6-15;1-12-7-8-23-13(2)19(12)25-20(27)17-9-22-11-18-16(17)10-24-26(18)15-5-3-14(21)4-6-15/h3-11H,1-2H3,(H2,24,29)(H,27,30);3-11H,1-2H3,(H,26,28);2-11H,1H3,(H2,23,28)(H,26,29);3-11H,1-2H3,(H,25,27). The number of fused-ring (bicyclic) bond motifs is 4. The Hall–Kier alpha value is -15.0. The topological polar surface area (TPSA) is 338 Å². The van der Waals surface area contributed by atoms with Gasteiger partial charge < -0.3 is 32.7 Å². The minimum Gasteiger partial charge on any atom is -0.366 e. The SMILES string of the molecule is Cc1cc(C(N)=O)cc(C)c1NC(=O)c1cncc2c1cnn2-c1ccc(F)cc1.Cc1cc(C(N)=O)ccc1NC(=O)c1cncc2c1cnn2-c1ccc(F)cc1.Cc1cc(Cl)cc(C)c1NC(=O)c1cncc2c1cnn2-c1ccc(F)cc1.Cc1ccnc(C)c1NC(=O)c1cncc2c1cnn2-c1ccc(F)cc1. The summed E-state index contributed by atoms with van der Waals surface area (Å²) in [6.07, 6.45) is 20.5. The number of nitrogens with two attached hydrogens (primary N) is 2. The molecule has 568 valence electrons. The van der Waals surface area contributed by atoms with Crippen molar-refractivity contribution in [1.29, 1.82) is 0 Å². The number of nitrogens with zero attached hydrogens (tertiary/aromatic N) is 13. The fourth-order valence-corrected chi connectivity index (χ4v) is 13.0. The number of anilines is 4. The van der Waals surface area contributed by atoms with Crippen molar-refractivity contribution in [2.75, 3.05) is 21.3 Å². The summed E-state index contributed by atoms with van der Waals surface area (Å²) in [6, 6.07) is 37.2. The number of nitrogens with one attached hydrogen (secondary N) is 4. The third-order valence-electron chi connectivity index (χ3n) is 18.4. The average molecular weight is 1550 g/mol. The predicted octanol–water partition coefficient (Wildman–Crippen LogP) is 15.7. The van der Waals surface area contributed by atoms with Gasteiger partial charge in [-0.15, -0.1) is 0 Å². The molecule has 0 saturated carbocycles. The van der Waals surface area contributed by atoms with Crippen molar-refractivity contribution in [2.24, 2.45) is 11.5 Å². The Balaban J connectivity index is 0.000000133. The summed E-state index contributed by atoms with van der Waals surface area (Å²) < 4.78 is 59.3. The van der Waals surface area contributed by atoms with E-state index < -0.39 is 11.8 Å². The molecule has 6 amide bonds. The van der Waals surface area contributed by atoms with Crippen LogP contribution in [-0.2, 0) is 0 Å². The molecule has 0 fully saturated rings. The van der Waals surface area contributed by atoms with E-state index in [1.165, 1.54) is 73.3 Å². The van der Waals surface area contributed by atoms with E-state index in [4.69, 9.17) is 23.1 Å².